The van der Waals surface area contributed by atoms with E-state index in [1.54, 1.807) is 0 Å². The number of benzene rings is 2. The molecule has 1 unspecified atom stereocenters. The van der Waals surface area contributed by atoms with Gasteiger partial charge in [0.15, 0.2) is 0 Å². The Morgan fingerprint density at radius 1 is 1.26 bits per heavy atom. The third-order valence-electron chi connectivity index (χ3n) is 3.06. The highest BCUT2D eigenvalue weighted by Crippen LogP contribution is 2.26. The number of hydrazine groups is 1. The molecule has 0 aromatic heterocycles. The number of hydrogen-bond acceptors (Lipinski definition) is 2. The summed E-state index contributed by atoms with van der Waals surface area (Å²) in [5.41, 5.74) is 6.72. The van der Waals surface area contributed by atoms with Gasteiger partial charge in [0.25, 0.3) is 0 Å². The molecule has 3 N–H and O–H groups in total. The smallest absolute Gasteiger partial charge is 0.0511 e. The average Bonchev–Trinajstić information content (AvgIpc) is 2.39. The molecule has 2 aromatic rings. The molecule has 0 fully saturated rings. The van der Waals surface area contributed by atoms with Crippen molar-refractivity contribution in [3.8, 4) is 0 Å². The van der Waals surface area contributed by atoms with E-state index in [-0.39, 0.29) is 6.04 Å². The first-order valence-corrected chi connectivity index (χ1v) is 7.94. The Hall–Kier alpha value is -0.430. The van der Waals surface area contributed by atoms with E-state index in [1.165, 1.54) is 20.3 Å². The van der Waals surface area contributed by atoms with Crippen molar-refractivity contribution in [3.05, 3.63) is 67.2 Å². The van der Waals surface area contributed by atoms with E-state index in [0.717, 1.165) is 10.9 Å². The van der Waals surface area contributed by atoms with Crippen molar-refractivity contribution in [1.82, 2.24) is 5.43 Å². The van der Waals surface area contributed by atoms with E-state index in [0.29, 0.717) is 0 Å². The van der Waals surface area contributed by atoms with Crippen molar-refractivity contribution in [1.29, 1.82) is 0 Å². The third-order valence-corrected chi connectivity index (χ3v) is 4.53. The normalized spacial score (nSPS) is 12.4. The van der Waals surface area contributed by atoms with E-state index in [1.807, 2.05) is 6.07 Å². The zero-order chi connectivity index (χ0) is 13.8. The molecule has 0 amide bonds. The maximum atomic E-state index is 5.74. The molecule has 4 heteroatoms. The number of hydrogen-bond donors (Lipinski definition) is 2. The third kappa shape index (κ3) is 4.02. The first kappa shape index (κ1) is 15.0. The van der Waals surface area contributed by atoms with Crippen LogP contribution < -0.4 is 11.3 Å². The zero-order valence-electron chi connectivity index (χ0n) is 10.7. The van der Waals surface area contributed by atoms with Gasteiger partial charge in [0, 0.05) is 8.04 Å². The van der Waals surface area contributed by atoms with Crippen molar-refractivity contribution < 1.29 is 0 Å². The quantitative estimate of drug-likeness (QED) is 0.435. The molecule has 1 atom stereocenters. The molecular weight excluding hydrogens is 415 g/mol. The summed E-state index contributed by atoms with van der Waals surface area (Å²) in [5, 5.41) is 0. The van der Waals surface area contributed by atoms with Gasteiger partial charge in [-0.15, -0.1) is 0 Å². The van der Waals surface area contributed by atoms with Crippen molar-refractivity contribution in [2.75, 3.05) is 0 Å². The highest BCUT2D eigenvalue weighted by Gasteiger charge is 2.14. The molecule has 2 aromatic carbocycles. The van der Waals surface area contributed by atoms with Crippen LogP contribution in [0.4, 0.5) is 0 Å². The fraction of sp³-hybridized carbons (Fsp3) is 0.200. The van der Waals surface area contributed by atoms with Crippen LogP contribution in [0.25, 0.3) is 0 Å². The minimum absolute atomic E-state index is 0.117. The summed E-state index contributed by atoms with van der Waals surface area (Å²) in [7, 11) is 0. The first-order valence-electron chi connectivity index (χ1n) is 6.07. The minimum atomic E-state index is 0.117. The van der Waals surface area contributed by atoms with Gasteiger partial charge in [0.05, 0.1) is 6.04 Å². The van der Waals surface area contributed by atoms with Crippen LogP contribution in [0.5, 0.6) is 0 Å². The largest absolute Gasteiger partial charge is 0.271 e. The van der Waals surface area contributed by atoms with E-state index < -0.39 is 0 Å². The Bertz CT molecular complexity index is 572. The average molecular weight is 431 g/mol. The maximum absolute atomic E-state index is 5.74. The summed E-state index contributed by atoms with van der Waals surface area (Å²) in [5.74, 6) is 5.74. The lowest BCUT2D eigenvalue weighted by Crippen LogP contribution is -2.30. The van der Waals surface area contributed by atoms with Crippen molar-refractivity contribution >= 4 is 38.5 Å². The Kier molecular flexibility index (Phi) is 5.38. The van der Waals surface area contributed by atoms with Crippen LogP contribution in [-0.2, 0) is 6.42 Å². The van der Waals surface area contributed by atoms with Crippen LogP contribution in [0.15, 0.2) is 46.9 Å². The van der Waals surface area contributed by atoms with Crippen molar-refractivity contribution in [2.45, 2.75) is 19.4 Å². The molecule has 0 heterocycles. The van der Waals surface area contributed by atoms with Gasteiger partial charge in [0.1, 0.15) is 0 Å². The van der Waals surface area contributed by atoms with Crippen LogP contribution in [-0.4, -0.2) is 0 Å². The Labute approximate surface area is 136 Å². The van der Waals surface area contributed by atoms with E-state index >= 15 is 0 Å². The second kappa shape index (κ2) is 6.83. The summed E-state index contributed by atoms with van der Waals surface area (Å²) in [4.78, 5) is 0. The molecule has 0 aliphatic carbocycles. The van der Waals surface area contributed by atoms with Crippen LogP contribution in [0.2, 0.25) is 0 Å². The predicted octanol–water partition coefficient (Wildman–Crippen LogP) is 4.11. The summed E-state index contributed by atoms with van der Waals surface area (Å²) < 4.78 is 2.30. The summed E-state index contributed by atoms with van der Waals surface area (Å²) in [6.45, 7) is 2.11. The number of nitrogens with two attached hydrogens (primary N) is 1. The molecule has 19 heavy (non-hydrogen) atoms. The zero-order valence-corrected chi connectivity index (χ0v) is 14.4. The number of halogens is 2. The Morgan fingerprint density at radius 2 is 2.05 bits per heavy atom. The van der Waals surface area contributed by atoms with Gasteiger partial charge in [-0.3, -0.25) is 11.3 Å². The van der Waals surface area contributed by atoms with Gasteiger partial charge in [0.2, 0.25) is 0 Å². The van der Waals surface area contributed by atoms with E-state index in [2.05, 4.69) is 87.3 Å². The first-order chi connectivity index (χ1) is 9.10. The Morgan fingerprint density at radius 3 is 2.74 bits per heavy atom. The molecule has 0 saturated carbocycles. The van der Waals surface area contributed by atoms with Crippen LogP contribution in [0.1, 0.15) is 22.7 Å². The molecule has 100 valence electrons. The topological polar surface area (TPSA) is 38.0 Å². The summed E-state index contributed by atoms with van der Waals surface area (Å²) in [6, 6.07) is 14.9. The van der Waals surface area contributed by atoms with Gasteiger partial charge < -0.3 is 0 Å². The molecular formula is C15H16BrIN2. The van der Waals surface area contributed by atoms with E-state index in [4.69, 9.17) is 5.84 Å². The standard InChI is InChI=1S/C15H16BrIN2/c1-10-3-2-4-11(7-10)8-15(19-18)13-9-12(16)5-6-14(13)17/h2-7,9,15,19H,8,18H2,1H3. The van der Waals surface area contributed by atoms with Gasteiger partial charge in [-0.1, -0.05) is 45.8 Å². The highest BCUT2D eigenvalue weighted by atomic mass is 127. The fourth-order valence-electron chi connectivity index (χ4n) is 2.12. The van der Waals surface area contributed by atoms with Crippen molar-refractivity contribution in [3.63, 3.8) is 0 Å². The van der Waals surface area contributed by atoms with E-state index in [9.17, 15) is 0 Å². The molecule has 2 rings (SSSR count). The van der Waals surface area contributed by atoms with Gasteiger partial charge in [-0.2, -0.15) is 0 Å². The molecule has 0 radical (unpaired) electrons. The van der Waals surface area contributed by atoms with Crippen LogP contribution in [0, 0.1) is 10.5 Å². The number of rotatable bonds is 4. The lowest BCUT2D eigenvalue weighted by molar-refractivity contribution is 0.549. The van der Waals surface area contributed by atoms with Gasteiger partial charge >= 0.3 is 0 Å². The Balaban J connectivity index is 2.27. The molecule has 0 aliphatic rings. The molecule has 0 bridgehead atoms. The molecule has 0 spiro atoms. The SMILES string of the molecule is Cc1cccc(CC(NN)c2cc(Br)ccc2I)c1. The van der Waals surface area contributed by atoms with Crippen molar-refractivity contribution in [2.24, 2.45) is 5.84 Å². The van der Waals surface area contributed by atoms with Gasteiger partial charge in [-0.05, 0) is 65.3 Å². The summed E-state index contributed by atoms with van der Waals surface area (Å²) in [6.07, 6.45) is 0.880. The second-order valence-corrected chi connectivity index (χ2v) is 6.66. The molecule has 0 aliphatic heterocycles. The lowest BCUT2D eigenvalue weighted by atomic mass is 9.98. The predicted molar refractivity (Wildman–Crippen MR) is 91.8 cm³/mol. The lowest BCUT2D eigenvalue weighted by Gasteiger charge is -2.18. The fourth-order valence-corrected chi connectivity index (χ4v) is 3.21. The van der Waals surface area contributed by atoms with Crippen LogP contribution >= 0.6 is 38.5 Å². The number of aryl methyl sites for hydroxylation is 1. The monoisotopic (exact) mass is 430 g/mol. The maximum Gasteiger partial charge on any atom is 0.0511 e. The minimum Gasteiger partial charge on any atom is -0.271 e. The molecule has 0 saturated heterocycles. The summed E-state index contributed by atoms with van der Waals surface area (Å²) >= 11 is 5.87. The second-order valence-electron chi connectivity index (χ2n) is 4.58. The number of nitrogens with one attached hydrogen (secondary N) is 1. The van der Waals surface area contributed by atoms with Crippen LogP contribution in [0.3, 0.4) is 0 Å². The highest BCUT2D eigenvalue weighted by molar-refractivity contribution is 14.1. The van der Waals surface area contributed by atoms with Gasteiger partial charge in [-0.25, -0.2) is 0 Å². The molecule has 2 nitrogen and oxygen atoms in total.